The lowest BCUT2D eigenvalue weighted by Crippen LogP contribution is -2.41. The highest BCUT2D eigenvalue weighted by Gasteiger charge is 2.27. The fraction of sp³-hybridized carbons (Fsp3) is 0.900. The Morgan fingerprint density at radius 3 is 2.44 bits per heavy atom. The van der Waals surface area contributed by atoms with Crippen molar-refractivity contribution in [3.63, 3.8) is 0 Å². The normalized spacial score (nSPS) is 19.8. The highest BCUT2D eigenvalue weighted by atomic mass is 32.2. The van der Waals surface area contributed by atoms with Gasteiger partial charge in [-0.15, -0.1) is 0 Å². The van der Waals surface area contributed by atoms with Crippen molar-refractivity contribution in [2.45, 2.75) is 32.6 Å². The van der Waals surface area contributed by atoms with Crippen LogP contribution in [0.2, 0.25) is 0 Å². The first-order valence-electron chi connectivity index (χ1n) is 5.72. The third-order valence-electron chi connectivity index (χ3n) is 2.99. The smallest absolute Gasteiger partial charge is 0.220 e. The molecule has 1 heterocycles. The van der Waals surface area contributed by atoms with Crippen LogP contribution in [0.5, 0.6) is 0 Å². The number of thiocarbonyl (C=S) groups is 1. The Hall–Kier alpha value is -0.200. The summed E-state index contributed by atoms with van der Waals surface area (Å²) < 4.78 is 25.2. The summed E-state index contributed by atoms with van der Waals surface area (Å²) in [6, 6.07) is 0. The SMILES string of the molecule is CCCC1CCN(S(=O)(=O)CC(N)=S)CC1. The van der Waals surface area contributed by atoms with Crippen molar-refractivity contribution in [1.29, 1.82) is 0 Å². The number of sulfonamides is 1. The number of rotatable bonds is 5. The maximum Gasteiger partial charge on any atom is 0.220 e. The van der Waals surface area contributed by atoms with Crippen LogP contribution in [0.25, 0.3) is 0 Å². The molecule has 16 heavy (non-hydrogen) atoms. The van der Waals surface area contributed by atoms with Crippen LogP contribution in [0.1, 0.15) is 32.6 Å². The zero-order valence-corrected chi connectivity index (χ0v) is 11.3. The van der Waals surface area contributed by atoms with Gasteiger partial charge in [-0.2, -0.15) is 0 Å². The van der Waals surface area contributed by atoms with Gasteiger partial charge in [-0.05, 0) is 18.8 Å². The van der Waals surface area contributed by atoms with Crippen molar-refractivity contribution in [3.05, 3.63) is 0 Å². The van der Waals surface area contributed by atoms with E-state index in [-0.39, 0.29) is 10.7 Å². The minimum atomic E-state index is -3.25. The first kappa shape index (κ1) is 13.9. The molecule has 0 bridgehead atoms. The molecule has 0 radical (unpaired) electrons. The van der Waals surface area contributed by atoms with E-state index in [1.165, 1.54) is 17.1 Å². The van der Waals surface area contributed by atoms with E-state index in [4.69, 9.17) is 5.73 Å². The standard InChI is InChI=1S/C10H20N2O2S2/c1-2-3-9-4-6-12(7-5-9)16(13,14)8-10(11)15/h9H,2-8H2,1H3,(H2,11,15). The van der Waals surface area contributed by atoms with Crippen LogP contribution < -0.4 is 5.73 Å². The summed E-state index contributed by atoms with van der Waals surface area (Å²) in [7, 11) is -3.25. The van der Waals surface area contributed by atoms with Crippen molar-refractivity contribution in [2.75, 3.05) is 18.8 Å². The summed E-state index contributed by atoms with van der Waals surface area (Å²) in [5.74, 6) is 0.488. The fourth-order valence-electron chi connectivity index (χ4n) is 2.16. The summed E-state index contributed by atoms with van der Waals surface area (Å²) >= 11 is 4.65. The van der Waals surface area contributed by atoms with Gasteiger partial charge in [-0.1, -0.05) is 32.0 Å². The van der Waals surface area contributed by atoms with Crippen molar-refractivity contribution < 1.29 is 8.42 Å². The summed E-state index contributed by atoms with van der Waals surface area (Å²) in [5.41, 5.74) is 5.29. The van der Waals surface area contributed by atoms with Crippen LogP contribution in [0.15, 0.2) is 0 Å². The van der Waals surface area contributed by atoms with E-state index in [0.29, 0.717) is 19.0 Å². The van der Waals surface area contributed by atoms with Crippen molar-refractivity contribution in [3.8, 4) is 0 Å². The predicted molar refractivity (Wildman–Crippen MR) is 69.8 cm³/mol. The second-order valence-corrected chi connectivity index (χ2v) is 6.85. The molecule has 1 aliphatic heterocycles. The second-order valence-electron chi connectivity index (χ2n) is 4.35. The number of hydrogen-bond acceptors (Lipinski definition) is 3. The van der Waals surface area contributed by atoms with Gasteiger partial charge in [0.25, 0.3) is 0 Å². The van der Waals surface area contributed by atoms with E-state index < -0.39 is 10.0 Å². The van der Waals surface area contributed by atoms with E-state index in [0.717, 1.165) is 12.8 Å². The average molecular weight is 264 g/mol. The van der Waals surface area contributed by atoms with Gasteiger partial charge < -0.3 is 5.73 Å². The molecule has 0 aliphatic carbocycles. The molecule has 0 spiro atoms. The Kier molecular flexibility index (Phi) is 5.14. The molecule has 0 unspecified atom stereocenters. The molecule has 1 aliphatic rings. The summed E-state index contributed by atoms with van der Waals surface area (Å²) in [4.78, 5) is 0.0516. The molecule has 2 N–H and O–H groups in total. The lowest BCUT2D eigenvalue weighted by Gasteiger charge is -2.30. The van der Waals surface area contributed by atoms with E-state index in [1.54, 1.807) is 0 Å². The number of hydrogen-bond donors (Lipinski definition) is 1. The van der Waals surface area contributed by atoms with Crippen LogP contribution in [-0.2, 0) is 10.0 Å². The molecule has 6 heteroatoms. The highest BCUT2D eigenvalue weighted by Crippen LogP contribution is 2.23. The fourth-order valence-corrected chi connectivity index (χ4v) is 3.91. The molecular weight excluding hydrogens is 244 g/mol. The van der Waals surface area contributed by atoms with Gasteiger partial charge in [0.05, 0.1) is 4.99 Å². The van der Waals surface area contributed by atoms with Crippen LogP contribution in [-0.4, -0.2) is 36.6 Å². The van der Waals surface area contributed by atoms with Crippen molar-refractivity contribution in [1.82, 2.24) is 4.31 Å². The monoisotopic (exact) mass is 264 g/mol. The lowest BCUT2D eigenvalue weighted by atomic mass is 9.94. The third-order valence-corrected chi connectivity index (χ3v) is 5.14. The molecule has 1 fully saturated rings. The zero-order valence-electron chi connectivity index (χ0n) is 9.68. The van der Waals surface area contributed by atoms with Gasteiger partial charge in [0.15, 0.2) is 0 Å². The third kappa shape index (κ3) is 3.99. The molecular formula is C10H20N2O2S2. The van der Waals surface area contributed by atoms with E-state index in [2.05, 4.69) is 19.1 Å². The molecule has 94 valence electrons. The predicted octanol–water partition coefficient (Wildman–Crippen LogP) is 1.11. The summed E-state index contributed by atoms with van der Waals surface area (Å²) in [6.07, 6.45) is 4.29. The Labute approximate surface area is 103 Å². The topological polar surface area (TPSA) is 63.4 Å². The molecule has 4 nitrogen and oxygen atoms in total. The zero-order chi connectivity index (χ0) is 12.2. The van der Waals surface area contributed by atoms with Crippen LogP contribution in [0.4, 0.5) is 0 Å². The molecule has 1 rings (SSSR count). The van der Waals surface area contributed by atoms with Crippen LogP contribution >= 0.6 is 12.2 Å². The van der Waals surface area contributed by atoms with Crippen LogP contribution in [0.3, 0.4) is 0 Å². The van der Waals surface area contributed by atoms with Gasteiger partial charge in [0, 0.05) is 13.1 Å². The minimum Gasteiger partial charge on any atom is -0.392 e. The number of nitrogens with two attached hydrogens (primary N) is 1. The molecule has 0 aromatic heterocycles. The quantitative estimate of drug-likeness (QED) is 0.756. The van der Waals surface area contributed by atoms with Gasteiger partial charge in [-0.3, -0.25) is 0 Å². The van der Waals surface area contributed by atoms with Crippen LogP contribution in [0, 0.1) is 5.92 Å². The molecule has 0 atom stereocenters. The van der Waals surface area contributed by atoms with E-state index in [9.17, 15) is 8.42 Å². The summed E-state index contributed by atoms with van der Waals surface area (Å²) in [6.45, 7) is 3.40. The minimum absolute atomic E-state index is 0.0516. The average Bonchev–Trinajstić information content (AvgIpc) is 2.17. The first-order valence-corrected chi connectivity index (χ1v) is 7.73. The molecule has 0 aromatic rings. The van der Waals surface area contributed by atoms with Crippen molar-refractivity contribution in [2.24, 2.45) is 11.7 Å². The summed E-state index contributed by atoms with van der Waals surface area (Å²) in [5, 5.41) is 0. The Morgan fingerprint density at radius 1 is 1.44 bits per heavy atom. The Morgan fingerprint density at radius 2 is 2.00 bits per heavy atom. The Balaban J connectivity index is 2.50. The largest absolute Gasteiger partial charge is 0.392 e. The molecule has 1 saturated heterocycles. The van der Waals surface area contributed by atoms with Gasteiger partial charge in [0.2, 0.25) is 10.0 Å². The van der Waals surface area contributed by atoms with Crippen molar-refractivity contribution >= 4 is 27.2 Å². The Bertz CT molecular complexity index is 333. The maximum atomic E-state index is 11.8. The van der Waals surface area contributed by atoms with Gasteiger partial charge >= 0.3 is 0 Å². The lowest BCUT2D eigenvalue weighted by molar-refractivity contribution is 0.263. The van der Waals surface area contributed by atoms with Gasteiger partial charge in [0.1, 0.15) is 5.75 Å². The maximum absolute atomic E-state index is 11.8. The van der Waals surface area contributed by atoms with Gasteiger partial charge in [-0.25, -0.2) is 12.7 Å². The number of piperidine rings is 1. The highest BCUT2D eigenvalue weighted by molar-refractivity contribution is 7.92. The molecule has 0 saturated carbocycles. The van der Waals surface area contributed by atoms with E-state index >= 15 is 0 Å². The van der Waals surface area contributed by atoms with E-state index in [1.807, 2.05) is 0 Å². The molecule has 0 amide bonds. The first-order chi connectivity index (χ1) is 7.45. The number of nitrogens with zero attached hydrogens (tertiary/aromatic N) is 1. The second kappa shape index (κ2) is 5.93. The molecule has 0 aromatic carbocycles.